The summed E-state index contributed by atoms with van der Waals surface area (Å²) < 4.78 is 6.21. The van der Waals surface area contributed by atoms with E-state index in [0.717, 1.165) is 15.6 Å². The maximum atomic E-state index is 5.58. The van der Waals surface area contributed by atoms with E-state index in [1.807, 2.05) is 25.1 Å². The van der Waals surface area contributed by atoms with Crippen molar-refractivity contribution in [3.8, 4) is 23.0 Å². The number of nitrogen functional groups attached to an aromatic ring is 1. The Labute approximate surface area is 121 Å². The first-order valence-corrected chi connectivity index (χ1v) is 7.12. The minimum Gasteiger partial charge on any atom is -0.375 e. The van der Waals surface area contributed by atoms with E-state index in [4.69, 9.17) is 10.3 Å². The fourth-order valence-electron chi connectivity index (χ4n) is 1.56. The van der Waals surface area contributed by atoms with Gasteiger partial charge in [-0.15, -0.1) is 11.3 Å². The fraction of sp³-hybridized carbons (Fsp3) is 0.0833. The summed E-state index contributed by atoms with van der Waals surface area (Å²) in [6, 6.07) is 5.90. The molecule has 19 heavy (non-hydrogen) atoms. The molecule has 0 aliphatic rings. The Bertz CT molecular complexity index is 737. The molecular formula is C12H9BrN4OS. The molecule has 7 heteroatoms. The van der Waals surface area contributed by atoms with E-state index in [1.165, 1.54) is 11.3 Å². The highest BCUT2D eigenvalue weighted by Gasteiger charge is 2.13. The Morgan fingerprint density at radius 3 is 2.84 bits per heavy atom. The Balaban J connectivity index is 1.98. The van der Waals surface area contributed by atoms with Crippen molar-refractivity contribution in [1.82, 2.24) is 15.1 Å². The van der Waals surface area contributed by atoms with Gasteiger partial charge in [-0.2, -0.15) is 4.98 Å². The zero-order chi connectivity index (χ0) is 13.4. The van der Waals surface area contributed by atoms with Crippen LogP contribution < -0.4 is 5.73 Å². The second kappa shape index (κ2) is 4.75. The van der Waals surface area contributed by atoms with Crippen LogP contribution in [0.2, 0.25) is 0 Å². The van der Waals surface area contributed by atoms with Gasteiger partial charge in [0.2, 0.25) is 5.82 Å². The van der Waals surface area contributed by atoms with Gasteiger partial charge in [-0.05, 0) is 18.6 Å². The standard InChI is InChI=1S/C12H9BrN4OS/c1-6-2-3-7(4-8(6)13)10-16-11(18-17-10)9-5-19-12(14)15-9/h2-5H,1H3,(H2,14,15). The van der Waals surface area contributed by atoms with Crippen molar-refractivity contribution in [3.63, 3.8) is 0 Å². The van der Waals surface area contributed by atoms with Gasteiger partial charge in [0.25, 0.3) is 5.89 Å². The van der Waals surface area contributed by atoms with E-state index in [-0.39, 0.29) is 0 Å². The van der Waals surface area contributed by atoms with Crippen molar-refractivity contribution in [3.05, 3.63) is 33.6 Å². The van der Waals surface area contributed by atoms with Crippen LogP contribution in [0.5, 0.6) is 0 Å². The number of rotatable bonds is 2. The first kappa shape index (κ1) is 12.3. The molecular weight excluding hydrogens is 328 g/mol. The molecule has 0 saturated heterocycles. The van der Waals surface area contributed by atoms with Crippen LogP contribution in [-0.2, 0) is 0 Å². The quantitative estimate of drug-likeness (QED) is 0.774. The van der Waals surface area contributed by atoms with Crippen LogP contribution >= 0.6 is 27.3 Å². The minimum absolute atomic E-state index is 0.375. The molecule has 5 nitrogen and oxygen atoms in total. The average Bonchev–Trinajstić information content (AvgIpc) is 3.01. The molecule has 0 unspecified atom stereocenters. The third-order valence-electron chi connectivity index (χ3n) is 2.60. The van der Waals surface area contributed by atoms with E-state index < -0.39 is 0 Å². The molecule has 0 atom stereocenters. The zero-order valence-electron chi connectivity index (χ0n) is 9.92. The number of aromatic nitrogens is 3. The normalized spacial score (nSPS) is 10.8. The van der Waals surface area contributed by atoms with Crippen LogP contribution in [-0.4, -0.2) is 15.1 Å². The minimum atomic E-state index is 0.375. The lowest BCUT2D eigenvalue weighted by molar-refractivity contribution is 0.431. The summed E-state index contributed by atoms with van der Waals surface area (Å²) >= 11 is 4.83. The number of hydrogen-bond acceptors (Lipinski definition) is 6. The SMILES string of the molecule is Cc1ccc(-c2noc(-c3csc(N)n3)n2)cc1Br. The number of nitrogens with two attached hydrogens (primary N) is 1. The molecule has 0 aliphatic heterocycles. The molecule has 3 rings (SSSR count). The molecule has 1 aromatic carbocycles. The highest BCUT2D eigenvalue weighted by Crippen LogP contribution is 2.27. The number of hydrogen-bond donors (Lipinski definition) is 1. The lowest BCUT2D eigenvalue weighted by Crippen LogP contribution is -1.84. The fourth-order valence-corrected chi connectivity index (χ4v) is 2.48. The highest BCUT2D eigenvalue weighted by atomic mass is 79.9. The van der Waals surface area contributed by atoms with Crippen molar-refractivity contribution in [2.75, 3.05) is 5.73 Å². The summed E-state index contributed by atoms with van der Waals surface area (Å²) in [4.78, 5) is 8.44. The van der Waals surface area contributed by atoms with Crippen LogP contribution in [0.25, 0.3) is 23.0 Å². The molecule has 2 N–H and O–H groups in total. The van der Waals surface area contributed by atoms with Gasteiger partial charge >= 0.3 is 0 Å². The first-order chi connectivity index (χ1) is 9.13. The molecule has 96 valence electrons. The van der Waals surface area contributed by atoms with Gasteiger partial charge in [-0.1, -0.05) is 33.2 Å². The van der Waals surface area contributed by atoms with Gasteiger partial charge in [0, 0.05) is 15.4 Å². The summed E-state index contributed by atoms with van der Waals surface area (Å²) in [5.74, 6) is 0.905. The van der Waals surface area contributed by atoms with Crippen LogP contribution in [0.4, 0.5) is 5.13 Å². The van der Waals surface area contributed by atoms with Crippen LogP contribution in [0, 0.1) is 6.92 Å². The summed E-state index contributed by atoms with van der Waals surface area (Å²) in [5, 5.41) is 6.23. The Morgan fingerprint density at radius 1 is 1.32 bits per heavy atom. The molecule has 2 heterocycles. The van der Waals surface area contributed by atoms with Gasteiger partial charge in [0.1, 0.15) is 5.69 Å². The van der Waals surface area contributed by atoms with Crippen molar-refractivity contribution < 1.29 is 4.52 Å². The predicted molar refractivity (Wildman–Crippen MR) is 77.7 cm³/mol. The summed E-state index contributed by atoms with van der Waals surface area (Å²) in [6.07, 6.45) is 0. The lowest BCUT2D eigenvalue weighted by atomic mass is 10.1. The highest BCUT2D eigenvalue weighted by molar-refractivity contribution is 9.10. The monoisotopic (exact) mass is 336 g/mol. The molecule has 0 fully saturated rings. The lowest BCUT2D eigenvalue weighted by Gasteiger charge is -1.99. The topological polar surface area (TPSA) is 77.8 Å². The average molecular weight is 337 g/mol. The number of aryl methyl sites for hydroxylation is 1. The Morgan fingerprint density at radius 2 is 2.16 bits per heavy atom. The number of thiazole rings is 1. The van der Waals surface area contributed by atoms with Gasteiger partial charge < -0.3 is 10.3 Å². The van der Waals surface area contributed by atoms with Crippen molar-refractivity contribution in [1.29, 1.82) is 0 Å². The third-order valence-corrected chi connectivity index (χ3v) is 4.13. The van der Waals surface area contributed by atoms with E-state index >= 15 is 0 Å². The van der Waals surface area contributed by atoms with Gasteiger partial charge in [-0.3, -0.25) is 0 Å². The van der Waals surface area contributed by atoms with Gasteiger partial charge in [0.05, 0.1) is 0 Å². The second-order valence-corrected chi connectivity index (χ2v) is 5.70. The number of benzene rings is 1. The number of nitrogens with zero attached hydrogens (tertiary/aromatic N) is 3. The second-order valence-electron chi connectivity index (χ2n) is 3.96. The molecule has 0 amide bonds. The van der Waals surface area contributed by atoms with Crippen molar-refractivity contribution in [2.45, 2.75) is 6.92 Å². The number of halogens is 1. The van der Waals surface area contributed by atoms with Crippen LogP contribution in [0.15, 0.2) is 32.6 Å². The van der Waals surface area contributed by atoms with E-state index in [1.54, 1.807) is 5.38 Å². The van der Waals surface area contributed by atoms with Crippen molar-refractivity contribution >= 4 is 32.4 Å². The largest absolute Gasteiger partial charge is 0.375 e. The summed E-state index contributed by atoms with van der Waals surface area (Å²) in [5.41, 5.74) is 8.22. The van der Waals surface area contributed by atoms with Crippen molar-refractivity contribution in [2.24, 2.45) is 0 Å². The molecule has 0 saturated carbocycles. The van der Waals surface area contributed by atoms with Crippen LogP contribution in [0.3, 0.4) is 0 Å². The predicted octanol–water partition coefficient (Wildman–Crippen LogP) is 3.51. The van der Waals surface area contributed by atoms with E-state index in [9.17, 15) is 0 Å². The van der Waals surface area contributed by atoms with Crippen LogP contribution in [0.1, 0.15) is 5.56 Å². The van der Waals surface area contributed by atoms with E-state index in [2.05, 4.69) is 31.1 Å². The smallest absolute Gasteiger partial charge is 0.277 e. The third kappa shape index (κ3) is 2.39. The molecule has 2 aromatic heterocycles. The molecule has 0 bridgehead atoms. The summed E-state index contributed by atoms with van der Waals surface area (Å²) in [6.45, 7) is 2.02. The Hall–Kier alpha value is -1.73. The van der Waals surface area contributed by atoms with E-state index in [0.29, 0.717) is 22.5 Å². The summed E-state index contributed by atoms with van der Waals surface area (Å²) in [7, 11) is 0. The van der Waals surface area contributed by atoms with Gasteiger partial charge in [-0.25, -0.2) is 4.98 Å². The zero-order valence-corrected chi connectivity index (χ0v) is 12.3. The maximum absolute atomic E-state index is 5.58. The molecule has 0 spiro atoms. The molecule has 0 radical (unpaired) electrons. The Kier molecular flexibility index (Phi) is 3.08. The van der Waals surface area contributed by atoms with Gasteiger partial charge in [0.15, 0.2) is 5.13 Å². The molecule has 0 aliphatic carbocycles. The molecule has 3 aromatic rings. The maximum Gasteiger partial charge on any atom is 0.277 e. The number of anilines is 1. The first-order valence-electron chi connectivity index (χ1n) is 5.45.